The number of unbranched alkanes of at least 4 members (excludes halogenated alkanes) is 1. The van der Waals surface area contributed by atoms with Crippen molar-refractivity contribution in [1.82, 2.24) is 10.2 Å². The molecule has 1 aliphatic heterocycles. The van der Waals surface area contributed by atoms with Gasteiger partial charge in [-0.15, -0.1) is 0 Å². The number of urea groups is 1. The fourth-order valence-corrected chi connectivity index (χ4v) is 2.13. The Hall–Kier alpha value is -1.26. The van der Waals surface area contributed by atoms with Crippen molar-refractivity contribution in [2.75, 3.05) is 19.6 Å². The van der Waals surface area contributed by atoms with Gasteiger partial charge >= 0.3 is 12.0 Å². The zero-order chi connectivity index (χ0) is 13.5. The summed E-state index contributed by atoms with van der Waals surface area (Å²) in [5.41, 5.74) is 0. The summed E-state index contributed by atoms with van der Waals surface area (Å²) in [6.07, 6.45) is 3.85. The molecule has 0 aliphatic carbocycles. The van der Waals surface area contributed by atoms with Crippen LogP contribution in [-0.4, -0.2) is 41.6 Å². The van der Waals surface area contributed by atoms with E-state index in [1.807, 2.05) is 0 Å². The van der Waals surface area contributed by atoms with Crippen molar-refractivity contribution in [3.63, 3.8) is 0 Å². The third-order valence-corrected chi connectivity index (χ3v) is 3.31. The summed E-state index contributed by atoms with van der Waals surface area (Å²) in [5, 5.41) is 11.7. The summed E-state index contributed by atoms with van der Waals surface area (Å²) in [6.45, 7) is 5.95. The second-order valence-corrected chi connectivity index (χ2v) is 5.39. The highest BCUT2D eigenvalue weighted by Gasteiger charge is 2.30. The van der Waals surface area contributed by atoms with Crippen molar-refractivity contribution in [1.29, 1.82) is 0 Å². The SMILES string of the molecule is CC(C)CCCCNC(=O)N1CCC(C(=O)O)C1. The van der Waals surface area contributed by atoms with E-state index in [-0.39, 0.29) is 6.03 Å². The molecule has 2 N–H and O–H groups in total. The fraction of sp³-hybridized carbons (Fsp3) is 0.846. The Morgan fingerprint density at radius 2 is 2.11 bits per heavy atom. The molecule has 0 radical (unpaired) electrons. The molecule has 18 heavy (non-hydrogen) atoms. The fourth-order valence-electron chi connectivity index (χ4n) is 2.13. The molecule has 1 unspecified atom stereocenters. The van der Waals surface area contributed by atoms with Gasteiger partial charge in [-0.05, 0) is 18.8 Å². The molecule has 104 valence electrons. The molecule has 1 atom stereocenters. The molecule has 1 heterocycles. The van der Waals surface area contributed by atoms with Crippen LogP contribution in [0.1, 0.15) is 39.5 Å². The number of rotatable bonds is 6. The van der Waals surface area contributed by atoms with Gasteiger partial charge in [-0.25, -0.2) is 4.79 Å². The van der Waals surface area contributed by atoms with Crippen LogP contribution in [0.3, 0.4) is 0 Å². The number of aliphatic carboxylic acids is 1. The number of amides is 2. The Labute approximate surface area is 109 Å². The van der Waals surface area contributed by atoms with Crippen LogP contribution in [0.5, 0.6) is 0 Å². The van der Waals surface area contributed by atoms with Crippen molar-refractivity contribution < 1.29 is 14.7 Å². The van der Waals surface area contributed by atoms with Gasteiger partial charge in [0.15, 0.2) is 0 Å². The molecule has 1 saturated heterocycles. The Morgan fingerprint density at radius 3 is 2.67 bits per heavy atom. The van der Waals surface area contributed by atoms with Gasteiger partial charge in [0.25, 0.3) is 0 Å². The van der Waals surface area contributed by atoms with Gasteiger partial charge < -0.3 is 15.3 Å². The average molecular weight is 256 g/mol. The van der Waals surface area contributed by atoms with Gasteiger partial charge in [0.05, 0.1) is 5.92 Å². The molecule has 5 heteroatoms. The number of hydrogen-bond donors (Lipinski definition) is 2. The van der Waals surface area contributed by atoms with E-state index < -0.39 is 11.9 Å². The van der Waals surface area contributed by atoms with Crippen LogP contribution in [0.25, 0.3) is 0 Å². The van der Waals surface area contributed by atoms with Crippen molar-refractivity contribution in [2.45, 2.75) is 39.5 Å². The normalized spacial score (nSPS) is 19.3. The minimum atomic E-state index is -0.803. The van der Waals surface area contributed by atoms with Crippen LogP contribution in [0.2, 0.25) is 0 Å². The molecule has 0 spiro atoms. The maximum Gasteiger partial charge on any atom is 0.317 e. The Bertz CT molecular complexity index is 292. The molecule has 0 saturated carbocycles. The molecule has 1 fully saturated rings. The van der Waals surface area contributed by atoms with E-state index in [1.165, 1.54) is 6.42 Å². The third kappa shape index (κ3) is 4.94. The smallest absolute Gasteiger partial charge is 0.317 e. The first-order valence-electron chi connectivity index (χ1n) is 6.76. The van der Waals surface area contributed by atoms with E-state index in [9.17, 15) is 9.59 Å². The topological polar surface area (TPSA) is 69.6 Å². The summed E-state index contributed by atoms with van der Waals surface area (Å²) in [4.78, 5) is 24.1. The second-order valence-electron chi connectivity index (χ2n) is 5.39. The summed E-state index contributed by atoms with van der Waals surface area (Å²) in [6, 6.07) is -0.122. The Morgan fingerprint density at radius 1 is 1.39 bits per heavy atom. The molecule has 2 amide bonds. The molecule has 0 aromatic carbocycles. The van der Waals surface area contributed by atoms with Gasteiger partial charge in [-0.3, -0.25) is 4.79 Å². The number of nitrogens with zero attached hydrogens (tertiary/aromatic N) is 1. The van der Waals surface area contributed by atoms with Crippen LogP contribution in [0.4, 0.5) is 4.79 Å². The Balaban J connectivity index is 2.12. The number of likely N-dealkylation sites (tertiary alicyclic amines) is 1. The number of carbonyl (C=O) groups is 2. The second kappa shape index (κ2) is 7.24. The van der Waals surface area contributed by atoms with Gasteiger partial charge in [0, 0.05) is 19.6 Å². The minimum Gasteiger partial charge on any atom is -0.481 e. The molecular formula is C13H24N2O3. The number of carbonyl (C=O) groups excluding carboxylic acids is 1. The summed E-state index contributed by atoms with van der Waals surface area (Å²) in [7, 11) is 0. The first kappa shape index (κ1) is 14.8. The molecule has 0 bridgehead atoms. The lowest BCUT2D eigenvalue weighted by Gasteiger charge is -2.16. The zero-order valence-electron chi connectivity index (χ0n) is 11.3. The lowest BCUT2D eigenvalue weighted by molar-refractivity contribution is -0.141. The van der Waals surface area contributed by atoms with Crippen LogP contribution >= 0.6 is 0 Å². The third-order valence-electron chi connectivity index (χ3n) is 3.31. The van der Waals surface area contributed by atoms with E-state index in [0.29, 0.717) is 32.0 Å². The van der Waals surface area contributed by atoms with Crippen molar-refractivity contribution in [3.8, 4) is 0 Å². The molecule has 0 aromatic rings. The number of carboxylic acid groups (broad SMARTS) is 1. The highest BCUT2D eigenvalue weighted by Crippen LogP contribution is 2.16. The van der Waals surface area contributed by atoms with E-state index in [1.54, 1.807) is 4.90 Å². The van der Waals surface area contributed by atoms with Gasteiger partial charge in [0.1, 0.15) is 0 Å². The quantitative estimate of drug-likeness (QED) is 0.713. The number of carboxylic acids is 1. The van der Waals surface area contributed by atoms with Crippen LogP contribution < -0.4 is 5.32 Å². The lowest BCUT2D eigenvalue weighted by Crippen LogP contribution is -2.39. The Kier molecular flexibility index (Phi) is 5.95. The maximum atomic E-state index is 11.7. The van der Waals surface area contributed by atoms with Gasteiger partial charge in [-0.1, -0.05) is 26.7 Å². The summed E-state index contributed by atoms with van der Waals surface area (Å²) in [5.74, 6) is -0.491. The zero-order valence-corrected chi connectivity index (χ0v) is 11.3. The highest BCUT2D eigenvalue weighted by atomic mass is 16.4. The molecule has 1 aliphatic rings. The van der Waals surface area contributed by atoms with E-state index in [2.05, 4.69) is 19.2 Å². The van der Waals surface area contributed by atoms with E-state index in [0.717, 1.165) is 12.8 Å². The summed E-state index contributed by atoms with van der Waals surface area (Å²) >= 11 is 0. The minimum absolute atomic E-state index is 0.122. The summed E-state index contributed by atoms with van der Waals surface area (Å²) < 4.78 is 0. The van der Waals surface area contributed by atoms with Gasteiger partial charge in [0.2, 0.25) is 0 Å². The first-order valence-corrected chi connectivity index (χ1v) is 6.76. The number of nitrogens with one attached hydrogen (secondary N) is 1. The monoisotopic (exact) mass is 256 g/mol. The van der Waals surface area contributed by atoms with Gasteiger partial charge in [-0.2, -0.15) is 0 Å². The molecule has 1 rings (SSSR count). The largest absolute Gasteiger partial charge is 0.481 e. The van der Waals surface area contributed by atoms with E-state index >= 15 is 0 Å². The first-order chi connectivity index (χ1) is 8.50. The molecule has 0 aromatic heterocycles. The van der Waals surface area contributed by atoms with Crippen molar-refractivity contribution in [3.05, 3.63) is 0 Å². The highest BCUT2D eigenvalue weighted by molar-refractivity contribution is 5.77. The predicted molar refractivity (Wildman–Crippen MR) is 69.4 cm³/mol. The van der Waals surface area contributed by atoms with Crippen LogP contribution in [-0.2, 0) is 4.79 Å². The predicted octanol–water partition coefficient (Wildman–Crippen LogP) is 1.93. The van der Waals surface area contributed by atoms with Crippen LogP contribution in [0.15, 0.2) is 0 Å². The molecule has 5 nitrogen and oxygen atoms in total. The number of hydrogen-bond acceptors (Lipinski definition) is 2. The van der Waals surface area contributed by atoms with E-state index in [4.69, 9.17) is 5.11 Å². The van der Waals surface area contributed by atoms with Crippen molar-refractivity contribution >= 4 is 12.0 Å². The van der Waals surface area contributed by atoms with Crippen molar-refractivity contribution in [2.24, 2.45) is 11.8 Å². The van der Waals surface area contributed by atoms with Crippen LogP contribution in [0, 0.1) is 11.8 Å². The molecular weight excluding hydrogens is 232 g/mol. The maximum absolute atomic E-state index is 11.7. The lowest BCUT2D eigenvalue weighted by atomic mass is 10.1. The standard InChI is InChI=1S/C13H24N2O3/c1-10(2)5-3-4-7-14-13(18)15-8-6-11(9-15)12(16)17/h10-11H,3-9H2,1-2H3,(H,14,18)(H,16,17). The average Bonchev–Trinajstić information content (AvgIpc) is 2.77.